The largest absolute Gasteiger partial charge is 0.785 e. The van der Waals surface area contributed by atoms with Gasteiger partial charge < -0.3 is 15.4 Å². The van der Waals surface area contributed by atoms with E-state index in [1.54, 1.807) is 0 Å². The molecule has 0 bridgehead atoms. The minimum atomic E-state index is 0.193. The van der Waals surface area contributed by atoms with Crippen molar-refractivity contribution in [2.45, 2.75) is 0 Å². The van der Waals surface area contributed by atoms with Crippen molar-refractivity contribution < 1.29 is 5.11 Å². The van der Waals surface area contributed by atoms with Gasteiger partial charge in [0.05, 0.1) is 6.61 Å². The predicted molar refractivity (Wildman–Crippen MR) is 38.5 cm³/mol. The highest BCUT2D eigenvalue weighted by atomic mass is 16.5. The Morgan fingerprint density at radius 3 is 2.30 bits per heavy atom. The molecule has 0 aromatic carbocycles. The van der Waals surface area contributed by atoms with Crippen molar-refractivity contribution in [3.63, 3.8) is 0 Å². The second-order valence-electron chi connectivity index (χ2n) is 2.49. The molecule has 10 heavy (non-hydrogen) atoms. The van der Waals surface area contributed by atoms with Crippen molar-refractivity contribution in [2.24, 2.45) is 0 Å². The van der Waals surface area contributed by atoms with Gasteiger partial charge in [-0.1, -0.05) is 0 Å². The van der Waals surface area contributed by atoms with Gasteiger partial charge >= 0.3 is 0 Å². The average Bonchev–Trinajstić information content (AvgIpc) is 1.95. The second-order valence-corrected chi connectivity index (χ2v) is 2.49. The Kier molecular flexibility index (Phi) is 3.08. The van der Waals surface area contributed by atoms with Crippen LogP contribution in [0.4, 0.5) is 0 Å². The Balaban J connectivity index is 2.13. The quantitative estimate of drug-likeness (QED) is 0.546. The average molecular weight is 145 g/mol. The summed E-state index contributed by atoms with van der Waals surface area (Å²) in [5.41, 5.74) is 0. The molecule has 0 aromatic heterocycles. The van der Waals surface area contributed by atoms with Crippen LogP contribution in [0.1, 0.15) is 0 Å². The number of β-amino-alcohol motifs (C(OH)–C–C–N with tert-alkyl or cyclic N) is 1. The van der Waals surface area contributed by atoms with Crippen LogP contribution in [-0.4, -0.2) is 54.4 Å². The maximum Gasteiger partial charge on any atom is 0.0558 e. The predicted octanol–water partition coefficient (Wildman–Crippen LogP) is -0.906. The summed E-state index contributed by atoms with van der Waals surface area (Å²) in [5.74, 6) is 0. The molecule has 1 aliphatic heterocycles. The van der Waals surface area contributed by atoms with Gasteiger partial charge in [0.1, 0.15) is 0 Å². The van der Waals surface area contributed by atoms with Crippen LogP contribution in [0.15, 0.2) is 0 Å². The van der Waals surface area contributed by atoms with E-state index >= 15 is 0 Å². The van der Waals surface area contributed by atoms with Gasteiger partial charge in [0.2, 0.25) is 0 Å². The van der Waals surface area contributed by atoms with Crippen molar-refractivity contribution in [3.05, 3.63) is 5.21 Å². The fourth-order valence-corrected chi connectivity index (χ4v) is 1.09. The second kappa shape index (κ2) is 3.88. The molecule has 1 N–H and O–H groups in total. The van der Waals surface area contributed by atoms with Gasteiger partial charge in [0.25, 0.3) is 0 Å². The van der Waals surface area contributed by atoms with E-state index in [-0.39, 0.29) is 6.61 Å². The summed E-state index contributed by atoms with van der Waals surface area (Å²) in [5, 5.41) is 20.3. The Morgan fingerprint density at radius 1 is 1.20 bits per heavy atom. The number of hydroxylamine groups is 2. The molecule has 0 spiro atoms. The lowest BCUT2D eigenvalue weighted by molar-refractivity contribution is 0.138. The molecule has 0 aromatic rings. The van der Waals surface area contributed by atoms with Gasteiger partial charge in [-0.05, 0) is 13.1 Å². The molecular formula is C6H13N2O2-. The third kappa shape index (κ3) is 2.22. The molecule has 1 rings (SSSR count). The smallest absolute Gasteiger partial charge is 0.0558 e. The molecule has 1 aliphatic rings. The normalized spacial score (nSPS) is 23.4. The molecule has 1 fully saturated rings. The summed E-state index contributed by atoms with van der Waals surface area (Å²) in [7, 11) is 0. The van der Waals surface area contributed by atoms with Gasteiger partial charge in [0, 0.05) is 19.6 Å². The number of hydrogen-bond acceptors (Lipinski definition) is 4. The maximum atomic E-state index is 10.6. The lowest BCUT2D eigenvalue weighted by atomic mass is 10.3. The number of rotatable bonds is 2. The standard InChI is InChI=1S/C6H13N2O2/c9-6-5-7-1-3-8(10)4-2-7/h9H,1-6H2/q-1. The van der Waals surface area contributed by atoms with Crippen LogP contribution in [0.25, 0.3) is 0 Å². The fourth-order valence-electron chi connectivity index (χ4n) is 1.09. The molecule has 4 heteroatoms. The van der Waals surface area contributed by atoms with E-state index in [0.717, 1.165) is 18.2 Å². The van der Waals surface area contributed by atoms with Crippen LogP contribution in [0, 0.1) is 5.21 Å². The molecular weight excluding hydrogens is 132 g/mol. The van der Waals surface area contributed by atoms with E-state index in [0.29, 0.717) is 19.6 Å². The summed E-state index contributed by atoms with van der Waals surface area (Å²) in [6.45, 7) is 3.65. The van der Waals surface area contributed by atoms with Crippen molar-refractivity contribution in [3.8, 4) is 0 Å². The van der Waals surface area contributed by atoms with E-state index in [4.69, 9.17) is 5.11 Å². The molecule has 0 atom stereocenters. The monoisotopic (exact) mass is 145 g/mol. The minimum Gasteiger partial charge on any atom is -0.785 e. The number of aliphatic hydroxyl groups is 1. The van der Waals surface area contributed by atoms with Crippen molar-refractivity contribution in [2.75, 3.05) is 39.3 Å². The van der Waals surface area contributed by atoms with Gasteiger partial charge in [0.15, 0.2) is 0 Å². The molecule has 0 unspecified atom stereocenters. The zero-order valence-electron chi connectivity index (χ0n) is 5.99. The lowest BCUT2D eigenvalue weighted by Gasteiger charge is -2.38. The first-order chi connectivity index (χ1) is 4.83. The minimum absolute atomic E-state index is 0.193. The molecule has 1 heterocycles. The molecule has 0 saturated carbocycles. The highest BCUT2D eigenvalue weighted by Gasteiger charge is 2.08. The summed E-state index contributed by atoms with van der Waals surface area (Å²) in [6, 6.07) is 0. The summed E-state index contributed by atoms with van der Waals surface area (Å²) in [6.07, 6.45) is 0. The topological polar surface area (TPSA) is 49.8 Å². The van der Waals surface area contributed by atoms with Crippen LogP contribution in [0.2, 0.25) is 0 Å². The molecule has 0 radical (unpaired) electrons. The first-order valence-electron chi connectivity index (χ1n) is 3.58. The van der Waals surface area contributed by atoms with E-state index < -0.39 is 0 Å². The summed E-state index contributed by atoms with van der Waals surface area (Å²) < 4.78 is 0. The van der Waals surface area contributed by atoms with E-state index in [1.807, 2.05) is 0 Å². The van der Waals surface area contributed by atoms with Crippen LogP contribution < -0.4 is 0 Å². The van der Waals surface area contributed by atoms with E-state index in [1.165, 1.54) is 0 Å². The Morgan fingerprint density at radius 2 is 1.80 bits per heavy atom. The molecule has 0 amide bonds. The number of piperazine rings is 1. The van der Waals surface area contributed by atoms with Crippen molar-refractivity contribution in [1.29, 1.82) is 0 Å². The number of aliphatic hydroxyl groups excluding tert-OH is 1. The highest BCUT2D eigenvalue weighted by molar-refractivity contribution is 4.70. The Bertz CT molecular complexity index is 91.7. The molecule has 4 nitrogen and oxygen atoms in total. The first-order valence-corrected chi connectivity index (χ1v) is 3.58. The zero-order chi connectivity index (χ0) is 7.40. The van der Waals surface area contributed by atoms with Crippen LogP contribution >= 0.6 is 0 Å². The lowest BCUT2D eigenvalue weighted by Crippen LogP contribution is -2.44. The molecule has 0 aliphatic carbocycles. The Labute approximate surface area is 60.6 Å². The zero-order valence-corrected chi connectivity index (χ0v) is 5.99. The molecule has 60 valence electrons. The van der Waals surface area contributed by atoms with Gasteiger partial charge in [-0.2, -0.15) is 0 Å². The number of hydrogen-bond donors (Lipinski definition) is 1. The van der Waals surface area contributed by atoms with Crippen molar-refractivity contribution in [1.82, 2.24) is 9.96 Å². The third-order valence-corrected chi connectivity index (χ3v) is 1.75. The van der Waals surface area contributed by atoms with Crippen LogP contribution in [0.3, 0.4) is 0 Å². The SMILES string of the molecule is [O-]N1CCN(CCO)CC1. The van der Waals surface area contributed by atoms with E-state index in [9.17, 15) is 5.21 Å². The van der Waals surface area contributed by atoms with Crippen LogP contribution in [-0.2, 0) is 0 Å². The number of nitrogens with zero attached hydrogens (tertiary/aromatic N) is 2. The summed E-state index contributed by atoms with van der Waals surface area (Å²) in [4.78, 5) is 2.09. The van der Waals surface area contributed by atoms with Crippen LogP contribution in [0.5, 0.6) is 0 Å². The van der Waals surface area contributed by atoms with E-state index in [2.05, 4.69) is 4.90 Å². The third-order valence-electron chi connectivity index (χ3n) is 1.75. The van der Waals surface area contributed by atoms with Gasteiger partial charge in [-0.25, -0.2) is 0 Å². The van der Waals surface area contributed by atoms with Gasteiger partial charge in [-0.3, -0.25) is 4.90 Å². The summed E-state index contributed by atoms with van der Waals surface area (Å²) >= 11 is 0. The maximum absolute atomic E-state index is 10.6. The highest BCUT2D eigenvalue weighted by Crippen LogP contribution is 1.97. The van der Waals surface area contributed by atoms with Crippen molar-refractivity contribution >= 4 is 0 Å². The Hall–Kier alpha value is -0.160. The first kappa shape index (κ1) is 7.94. The van der Waals surface area contributed by atoms with Gasteiger partial charge in [-0.15, -0.1) is 0 Å². The fraction of sp³-hybridized carbons (Fsp3) is 1.00. The molecule has 1 saturated heterocycles.